The molecule has 3 N–H and O–H groups in total. The SMILES string of the molecule is CCCC1(C(=O)O)CCN(C(=O)C(C)(N)C2CC2)C1. The van der Waals surface area contributed by atoms with E-state index in [0.717, 1.165) is 19.3 Å². The van der Waals surface area contributed by atoms with E-state index in [-0.39, 0.29) is 11.8 Å². The number of carboxylic acids is 1. The van der Waals surface area contributed by atoms with Gasteiger partial charge in [0.25, 0.3) is 0 Å². The zero-order chi connectivity index (χ0) is 14.3. The van der Waals surface area contributed by atoms with Gasteiger partial charge in [-0.2, -0.15) is 0 Å². The first-order chi connectivity index (χ1) is 8.83. The molecule has 0 aromatic rings. The third-order valence-electron chi connectivity index (χ3n) is 4.71. The van der Waals surface area contributed by atoms with Crippen molar-refractivity contribution in [1.29, 1.82) is 0 Å². The first kappa shape index (κ1) is 14.3. The predicted molar refractivity (Wildman–Crippen MR) is 71.5 cm³/mol. The van der Waals surface area contributed by atoms with E-state index in [2.05, 4.69) is 0 Å². The van der Waals surface area contributed by atoms with Crippen LogP contribution in [0.4, 0.5) is 0 Å². The van der Waals surface area contributed by atoms with Gasteiger partial charge in [0.2, 0.25) is 5.91 Å². The first-order valence-corrected chi connectivity index (χ1v) is 7.15. The van der Waals surface area contributed by atoms with E-state index >= 15 is 0 Å². The van der Waals surface area contributed by atoms with E-state index in [4.69, 9.17) is 5.73 Å². The number of hydrogen-bond donors (Lipinski definition) is 2. The predicted octanol–water partition coefficient (Wildman–Crippen LogP) is 1.22. The number of nitrogens with zero attached hydrogens (tertiary/aromatic N) is 1. The number of likely N-dealkylation sites (tertiary alicyclic amines) is 1. The summed E-state index contributed by atoms with van der Waals surface area (Å²) >= 11 is 0. The number of aliphatic carboxylic acids is 1. The number of nitrogens with two attached hydrogens (primary N) is 1. The Morgan fingerprint density at radius 2 is 2.11 bits per heavy atom. The average Bonchev–Trinajstić information content (AvgIpc) is 3.11. The van der Waals surface area contributed by atoms with E-state index in [1.165, 1.54) is 0 Å². The smallest absolute Gasteiger partial charge is 0.311 e. The number of carboxylic acid groups (broad SMARTS) is 1. The van der Waals surface area contributed by atoms with Crippen LogP contribution < -0.4 is 5.73 Å². The maximum Gasteiger partial charge on any atom is 0.311 e. The Labute approximate surface area is 114 Å². The highest BCUT2D eigenvalue weighted by atomic mass is 16.4. The van der Waals surface area contributed by atoms with E-state index < -0.39 is 16.9 Å². The van der Waals surface area contributed by atoms with Crippen LogP contribution in [0.1, 0.15) is 46.0 Å². The minimum absolute atomic E-state index is 0.0748. The quantitative estimate of drug-likeness (QED) is 0.785. The van der Waals surface area contributed by atoms with Crippen LogP contribution in [0, 0.1) is 11.3 Å². The highest BCUT2D eigenvalue weighted by molar-refractivity contribution is 5.88. The van der Waals surface area contributed by atoms with Gasteiger partial charge in [0.1, 0.15) is 0 Å². The van der Waals surface area contributed by atoms with E-state index in [9.17, 15) is 14.7 Å². The molecule has 1 heterocycles. The fourth-order valence-electron chi connectivity index (χ4n) is 3.21. The lowest BCUT2D eigenvalue weighted by Crippen LogP contribution is -2.54. The standard InChI is InChI=1S/C14H24N2O3/c1-3-6-14(12(18)19)7-8-16(9-14)11(17)13(2,15)10-4-5-10/h10H,3-9,15H2,1-2H3,(H,18,19). The van der Waals surface area contributed by atoms with Crippen LogP contribution >= 0.6 is 0 Å². The average molecular weight is 268 g/mol. The summed E-state index contributed by atoms with van der Waals surface area (Å²) in [5.74, 6) is -0.588. The summed E-state index contributed by atoms with van der Waals surface area (Å²) < 4.78 is 0. The van der Waals surface area contributed by atoms with Gasteiger partial charge in [-0.3, -0.25) is 9.59 Å². The summed E-state index contributed by atoms with van der Waals surface area (Å²) in [6.07, 6.45) is 3.99. The fraction of sp³-hybridized carbons (Fsp3) is 0.857. The maximum absolute atomic E-state index is 12.5. The van der Waals surface area contributed by atoms with Crippen molar-refractivity contribution in [2.24, 2.45) is 17.1 Å². The highest BCUT2D eigenvalue weighted by Gasteiger charge is 2.51. The van der Waals surface area contributed by atoms with Crippen molar-refractivity contribution in [3.8, 4) is 0 Å². The fourth-order valence-corrected chi connectivity index (χ4v) is 3.21. The second kappa shape index (κ2) is 4.78. The minimum atomic E-state index is -0.819. The van der Waals surface area contributed by atoms with E-state index in [1.54, 1.807) is 11.8 Å². The van der Waals surface area contributed by atoms with Gasteiger partial charge >= 0.3 is 5.97 Å². The molecule has 1 aliphatic carbocycles. The van der Waals surface area contributed by atoms with Crippen molar-refractivity contribution in [1.82, 2.24) is 4.90 Å². The summed E-state index contributed by atoms with van der Waals surface area (Å²) in [4.78, 5) is 25.6. The van der Waals surface area contributed by atoms with Crippen molar-refractivity contribution < 1.29 is 14.7 Å². The molecule has 2 atom stereocenters. The van der Waals surface area contributed by atoms with Crippen molar-refractivity contribution >= 4 is 11.9 Å². The topological polar surface area (TPSA) is 83.6 Å². The Bertz CT molecular complexity index is 390. The van der Waals surface area contributed by atoms with Gasteiger partial charge in [0.05, 0.1) is 11.0 Å². The molecule has 0 spiro atoms. The van der Waals surface area contributed by atoms with Gasteiger partial charge in [-0.05, 0) is 38.5 Å². The molecule has 1 saturated carbocycles. The van der Waals surface area contributed by atoms with Crippen LogP contribution in [0.5, 0.6) is 0 Å². The highest BCUT2D eigenvalue weighted by Crippen LogP contribution is 2.41. The lowest BCUT2D eigenvalue weighted by molar-refractivity contribution is -0.149. The molecule has 5 heteroatoms. The summed E-state index contributed by atoms with van der Waals surface area (Å²) in [5.41, 5.74) is 4.57. The van der Waals surface area contributed by atoms with E-state index in [1.807, 2.05) is 6.92 Å². The normalized spacial score (nSPS) is 30.2. The first-order valence-electron chi connectivity index (χ1n) is 7.15. The number of carbonyl (C=O) groups is 2. The molecule has 1 amide bonds. The molecule has 19 heavy (non-hydrogen) atoms. The van der Waals surface area contributed by atoms with E-state index in [0.29, 0.717) is 25.9 Å². The molecule has 2 rings (SSSR count). The number of hydrogen-bond acceptors (Lipinski definition) is 3. The molecular formula is C14H24N2O3. The van der Waals surface area contributed by atoms with Crippen LogP contribution in [0.3, 0.4) is 0 Å². The second-order valence-electron chi connectivity index (χ2n) is 6.37. The van der Waals surface area contributed by atoms with Crippen molar-refractivity contribution in [2.45, 2.75) is 51.5 Å². The molecule has 5 nitrogen and oxygen atoms in total. The van der Waals surface area contributed by atoms with Crippen molar-refractivity contribution in [3.05, 3.63) is 0 Å². The largest absolute Gasteiger partial charge is 0.481 e. The monoisotopic (exact) mass is 268 g/mol. The summed E-state index contributed by atoms with van der Waals surface area (Å²) in [5, 5.41) is 9.45. The van der Waals surface area contributed by atoms with Crippen LogP contribution in [-0.4, -0.2) is 40.5 Å². The molecule has 108 valence electrons. The van der Waals surface area contributed by atoms with Gasteiger partial charge in [0.15, 0.2) is 0 Å². The van der Waals surface area contributed by atoms with Gasteiger partial charge < -0.3 is 15.7 Å². The molecule has 2 fully saturated rings. The Balaban J connectivity index is 2.08. The molecule has 2 aliphatic rings. The lowest BCUT2D eigenvalue weighted by atomic mass is 9.82. The zero-order valence-corrected chi connectivity index (χ0v) is 11.8. The third-order valence-corrected chi connectivity index (χ3v) is 4.71. The summed E-state index contributed by atoms with van der Waals surface area (Å²) in [6.45, 7) is 4.60. The third kappa shape index (κ3) is 2.48. The molecule has 0 aromatic carbocycles. The van der Waals surface area contributed by atoms with Crippen molar-refractivity contribution in [2.75, 3.05) is 13.1 Å². The molecule has 1 aliphatic heterocycles. The Kier molecular flexibility index (Phi) is 3.60. The van der Waals surface area contributed by atoms with Crippen LogP contribution in [0.25, 0.3) is 0 Å². The van der Waals surface area contributed by atoms with Crippen LogP contribution in [0.2, 0.25) is 0 Å². The molecule has 0 bridgehead atoms. The number of amides is 1. The summed E-state index contributed by atoms with van der Waals surface area (Å²) in [6, 6.07) is 0. The Morgan fingerprint density at radius 3 is 2.58 bits per heavy atom. The molecular weight excluding hydrogens is 244 g/mol. The van der Waals surface area contributed by atoms with Gasteiger partial charge in [-0.1, -0.05) is 13.3 Å². The lowest BCUT2D eigenvalue weighted by Gasteiger charge is -2.30. The zero-order valence-electron chi connectivity index (χ0n) is 11.8. The molecule has 1 saturated heterocycles. The summed E-state index contributed by atoms with van der Waals surface area (Å²) in [7, 11) is 0. The molecule has 2 unspecified atom stereocenters. The number of carbonyl (C=O) groups excluding carboxylic acids is 1. The van der Waals surface area contributed by atoms with Crippen LogP contribution in [0.15, 0.2) is 0 Å². The molecule has 0 aromatic heterocycles. The number of rotatable bonds is 5. The molecule has 0 radical (unpaired) electrons. The maximum atomic E-state index is 12.5. The van der Waals surface area contributed by atoms with Crippen molar-refractivity contribution in [3.63, 3.8) is 0 Å². The minimum Gasteiger partial charge on any atom is -0.481 e. The van der Waals surface area contributed by atoms with Crippen LogP contribution in [-0.2, 0) is 9.59 Å². The van der Waals surface area contributed by atoms with Gasteiger partial charge in [0, 0.05) is 13.1 Å². The second-order valence-corrected chi connectivity index (χ2v) is 6.37. The Morgan fingerprint density at radius 1 is 1.47 bits per heavy atom. The van der Waals surface area contributed by atoms with Gasteiger partial charge in [-0.25, -0.2) is 0 Å². The Hall–Kier alpha value is -1.10. The van der Waals surface area contributed by atoms with Gasteiger partial charge in [-0.15, -0.1) is 0 Å².